The van der Waals surface area contributed by atoms with Gasteiger partial charge in [-0.15, -0.1) is 0 Å². The van der Waals surface area contributed by atoms with Gasteiger partial charge in [0.25, 0.3) is 0 Å². The molecule has 0 aromatic rings. The summed E-state index contributed by atoms with van der Waals surface area (Å²) in [6.07, 6.45) is 3.56. The summed E-state index contributed by atoms with van der Waals surface area (Å²) >= 11 is 4.94. The van der Waals surface area contributed by atoms with E-state index in [4.69, 9.17) is 22.7 Å². The molecule has 0 saturated heterocycles. The maximum atomic E-state index is 11.5. The predicted molar refractivity (Wildman–Crippen MR) is 67.2 cm³/mol. The molecule has 3 N–H and O–H groups in total. The summed E-state index contributed by atoms with van der Waals surface area (Å²) in [6, 6.07) is -0.117. The summed E-state index contributed by atoms with van der Waals surface area (Å²) in [7, 11) is 0. The lowest BCUT2D eigenvalue weighted by Crippen LogP contribution is -2.45. The van der Waals surface area contributed by atoms with Gasteiger partial charge < -0.3 is 15.8 Å². The zero-order chi connectivity index (χ0) is 12.0. The molecule has 92 valence electrons. The lowest BCUT2D eigenvalue weighted by atomic mass is 10.2. The molecule has 1 unspecified atom stereocenters. The smallest absolute Gasteiger partial charge is 0.222 e. The summed E-state index contributed by atoms with van der Waals surface area (Å²) in [5.41, 5.74) is 5.59. The summed E-state index contributed by atoms with van der Waals surface area (Å²) in [6.45, 7) is 3.21. The third-order valence-electron chi connectivity index (χ3n) is 2.54. The van der Waals surface area contributed by atoms with Crippen molar-refractivity contribution in [3.63, 3.8) is 0 Å². The summed E-state index contributed by atoms with van der Waals surface area (Å²) in [5.74, 6) is 0.429. The van der Waals surface area contributed by atoms with Gasteiger partial charge in [-0.05, 0) is 25.2 Å². The van der Waals surface area contributed by atoms with Crippen molar-refractivity contribution < 1.29 is 9.53 Å². The molecule has 1 saturated carbocycles. The summed E-state index contributed by atoms with van der Waals surface area (Å²) in [5, 5.41) is 2.87. The molecule has 16 heavy (non-hydrogen) atoms. The number of carbonyl (C=O) groups is 1. The van der Waals surface area contributed by atoms with Crippen molar-refractivity contribution in [2.75, 3.05) is 13.2 Å². The van der Waals surface area contributed by atoms with Crippen LogP contribution >= 0.6 is 12.2 Å². The molecule has 0 aromatic carbocycles. The van der Waals surface area contributed by atoms with Crippen LogP contribution in [0.3, 0.4) is 0 Å². The van der Waals surface area contributed by atoms with Crippen LogP contribution in [0.1, 0.15) is 32.6 Å². The van der Waals surface area contributed by atoms with Crippen LogP contribution in [0.15, 0.2) is 0 Å². The number of ether oxygens (including phenoxy) is 1. The van der Waals surface area contributed by atoms with E-state index in [0.29, 0.717) is 30.5 Å². The van der Waals surface area contributed by atoms with E-state index in [1.54, 1.807) is 0 Å². The van der Waals surface area contributed by atoms with E-state index in [1.807, 2.05) is 6.92 Å². The minimum Gasteiger partial charge on any atom is -0.392 e. The van der Waals surface area contributed by atoms with Crippen molar-refractivity contribution in [3.8, 4) is 0 Å². The standard InChI is InChI=1S/C11H20N2O2S/c1-2-6-15-7-5-9(14)13-10(11(12)16)8-3-4-8/h8,10H,2-7H2,1H3,(H2,12,16)(H,13,14). The van der Waals surface area contributed by atoms with Gasteiger partial charge in [-0.25, -0.2) is 0 Å². The number of amides is 1. The molecule has 1 aliphatic rings. The highest BCUT2D eigenvalue weighted by atomic mass is 32.1. The van der Waals surface area contributed by atoms with Crippen LogP contribution in [0.4, 0.5) is 0 Å². The maximum Gasteiger partial charge on any atom is 0.222 e. The van der Waals surface area contributed by atoms with Crippen LogP contribution < -0.4 is 11.1 Å². The van der Waals surface area contributed by atoms with Gasteiger partial charge in [0.05, 0.1) is 17.6 Å². The average Bonchev–Trinajstić information content (AvgIpc) is 3.04. The first-order chi connectivity index (χ1) is 7.65. The first kappa shape index (κ1) is 13.4. The van der Waals surface area contributed by atoms with Crippen LogP contribution in [0.25, 0.3) is 0 Å². The van der Waals surface area contributed by atoms with Crippen molar-refractivity contribution in [1.29, 1.82) is 0 Å². The van der Waals surface area contributed by atoms with Gasteiger partial charge in [0.2, 0.25) is 5.91 Å². The van der Waals surface area contributed by atoms with Gasteiger partial charge in [-0.1, -0.05) is 19.1 Å². The van der Waals surface area contributed by atoms with E-state index < -0.39 is 0 Å². The first-order valence-electron chi connectivity index (χ1n) is 5.81. The minimum absolute atomic E-state index is 0.0270. The second-order valence-electron chi connectivity index (χ2n) is 4.15. The largest absolute Gasteiger partial charge is 0.392 e. The zero-order valence-corrected chi connectivity index (χ0v) is 10.5. The Bertz CT molecular complexity index is 254. The van der Waals surface area contributed by atoms with Crippen LogP contribution in [-0.2, 0) is 9.53 Å². The van der Waals surface area contributed by atoms with Gasteiger partial charge in [0, 0.05) is 13.0 Å². The van der Waals surface area contributed by atoms with Crippen molar-refractivity contribution in [2.45, 2.75) is 38.6 Å². The quantitative estimate of drug-likeness (QED) is 0.493. The van der Waals surface area contributed by atoms with Crippen LogP contribution in [-0.4, -0.2) is 30.2 Å². The summed E-state index contributed by atoms with van der Waals surface area (Å²) in [4.78, 5) is 11.9. The number of nitrogens with two attached hydrogens (primary N) is 1. The van der Waals surface area contributed by atoms with Crippen molar-refractivity contribution in [2.24, 2.45) is 11.7 Å². The Kier molecular flexibility index (Phi) is 5.69. The van der Waals surface area contributed by atoms with Crippen molar-refractivity contribution in [3.05, 3.63) is 0 Å². The van der Waals surface area contributed by atoms with Crippen LogP contribution in [0.2, 0.25) is 0 Å². The Morgan fingerprint density at radius 3 is 2.75 bits per heavy atom. The fourth-order valence-corrected chi connectivity index (χ4v) is 1.76. The third kappa shape index (κ3) is 4.90. The molecule has 0 radical (unpaired) electrons. The third-order valence-corrected chi connectivity index (χ3v) is 2.79. The highest BCUT2D eigenvalue weighted by Crippen LogP contribution is 2.32. The second kappa shape index (κ2) is 6.81. The normalized spacial score (nSPS) is 16.8. The molecule has 1 atom stereocenters. The number of rotatable bonds is 8. The molecule has 5 heteroatoms. The lowest BCUT2D eigenvalue weighted by Gasteiger charge is -2.16. The maximum absolute atomic E-state index is 11.5. The van der Waals surface area contributed by atoms with E-state index in [1.165, 1.54) is 0 Å². The van der Waals surface area contributed by atoms with Crippen LogP contribution in [0, 0.1) is 5.92 Å². The fraction of sp³-hybridized carbons (Fsp3) is 0.818. The fourth-order valence-electron chi connectivity index (χ4n) is 1.51. The predicted octanol–water partition coefficient (Wildman–Crippen LogP) is 0.984. The molecular formula is C11H20N2O2S. The molecular weight excluding hydrogens is 224 g/mol. The Morgan fingerprint density at radius 2 is 2.25 bits per heavy atom. The second-order valence-corrected chi connectivity index (χ2v) is 4.62. The molecule has 4 nitrogen and oxygen atoms in total. The first-order valence-corrected chi connectivity index (χ1v) is 6.22. The van der Waals surface area contributed by atoms with Gasteiger partial charge >= 0.3 is 0 Å². The average molecular weight is 244 g/mol. The van der Waals surface area contributed by atoms with Crippen LogP contribution in [0.5, 0.6) is 0 Å². The van der Waals surface area contributed by atoms with Crippen molar-refractivity contribution in [1.82, 2.24) is 5.32 Å². The van der Waals surface area contributed by atoms with E-state index >= 15 is 0 Å². The molecule has 0 heterocycles. The van der Waals surface area contributed by atoms with E-state index in [9.17, 15) is 4.79 Å². The van der Waals surface area contributed by atoms with Gasteiger partial charge in [0.1, 0.15) is 0 Å². The molecule has 0 spiro atoms. The van der Waals surface area contributed by atoms with E-state index in [0.717, 1.165) is 19.3 Å². The summed E-state index contributed by atoms with van der Waals surface area (Å²) < 4.78 is 5.25. The lowest BCUT2D eigenvalue weighted by molar-refractivity contribution is -0.122. The number of hydrogen-bond acceptors (Lipinski definition) is 3. The molecule has 1 aliphatic carbocycles. The number of nitrogens with one attached hydrogen (secondary N) is 1. The Hall–Kier alpha value is -0.680. The Morgan fingerprint density at radius 1 is 1.56 bits per heavy atom. The van der Waals surface area contributed by atoms with Gasteiger partial charge in [-0.3, -0.25) is 4.79 Å². The monoisotopic (exact) mass is 244 g/mol. The molecule has 1 amide bonds. The van der Waals surface area contributed by atoms with E-state index in [2.05, 4.69) is 5.32 Å². The SMILES string of the molecule is CCCOCCC(=O)NC(C(N)=S)C1CC1. The molecule has 0 bridgehead atoms. The minimum atomic E-state index is -0.117. The number of hydrogen-bond donors (Lipinski definition) is 2. The Balaban J connectivity index is 2.18. The number of carbonyl (C=O) groups excluding carboxylic acids is 1. The number of thiocarbonyl (C=S) groups is 1. The molecule has 1 rings (SSSR count). The highest BCUT2D eigenvalue weighted by Gasteiger charge is 2.33. The zero-order valence-electron chi connectivity index (χ0n) is 9.70. The van der Waals surface area contributed by atoms with E-state index in [-0.39, 0.29) is 11.9 Å². The topological polar surface area (TPSA) is 64.3 Å². The molecule has 0 aliphatic heterocycles. The van der Waals surface area contributed by atoms with Gasteiger partial charge in [-0.2, -0.15) is 0 Å². The van der Waals surface area contributed by atoms with Crippen molar-refractivity contribution >= 4 is 23.1 Å². The molecule has 1 fully saturated rings. The molecule has 0 aromatic heterocycles. The highest BCUT2D eigenvalue weighted by molar-refractivity contribution is 7.80. The Labute approximate surface area is 102 Å². The van der Waals surface area contributed by atoms with Gasteiger partial charge in [0.15, 0.2) is 0 Å².